The molecule has 0 radical (unpaired) electrons. The van der Waals surface area contributed by atoms with Gasteiger partial charge in [0.25, 0.3) is 5.91 Å². The van der Waals surface area contributed by atoms with E-state index in [4.69, 9.17) is 10.5 Å². The van der Waals surface area contributed by atoms with Gasteiger partial charge in [0.15, 0.2) is 5.84 Å². The lowest BCUT2D eigenvalue weighted by molar-refractivity contribution is 0.0880. The minimum atomic E-state index is -3.89. The van der Waals surface area contributed by atoms with Gasteiger partial charge in [-0.25, -0.2) is 9.97 Å². The molecule has 0 saturated heterocycles. The first kappa shape index (κ1) is 23.2. The second-order valence-corrected chi connectivity index (χ2v) is 9.90. The molecule has 0 aliphatic carbocycles. The number of carbonyl (C=O) groups is 1. The summed E-state index contributed by atoms with van der Waals surface area (Å²) in [6, 6.07) is 8.18. The maximum absolute atomic E-state index is 13.0. The Balaban J connectivity index is 1.48. The van der Waals surface area contributed by atoms with Crippen molar-refractivity contribution in [1.29, 1.82) is 0 Å². The second-order valence-electron chi connectivity index (χ2n) is 8.56. The van der Waals surface area contributed by atoms with Crippen LogP contribution in [0.3, 0.4) is 0 Å². The van der Waals surface area contributed by atoms with Gasteiger partial charge < -0.3 is 15.8 Å². The van der Waals surface area contributed by atoms with Crippen molar-refractivity contribution in [2.75, 3.05) is 11.3 Å². The smallest absolute Gasteiger partial charge is 0.344 e. The molecule has 0 spiro atoms. The van der Waals surface area contributed by atoms with Gasteiger partial charge in [0.05, 0.1) is 22.5 Å². The maximum atomic E-state index is 13.0. The third-order valence-corrected chi connectivity index (χ3v) is 5.95. The standard InChI is InChI=1S/C22H25N7O4S/c1-13-11-29(14(2)25-13)18-10-15(8-9-24-18)21(30)26-22(3,4)12-33-17-7-5-6-16-19(17)20(23)28-34(31,32)27-16/h5-11,27H,12H2,1-4H3,(H2,23,28)(H,26,30). The lowest BCUT2D eigenvalue weighted by Gasteiger charge is -2.27. The van der Waals surface area contributed by atoms with E-state index in [9.17, 15) is 13.2 Å². The van der Waals surface area contributed by atoms with E-state index in [1.54, 1.807) is 36.5 Å². The second kappa shape index (κ2) is 8.45. The maximum Gasteiger partial charge on any atom is 0.344 e. The van der Waals surface area contributed by atoms with Crippen molar-refractivity contribution in [3.05, 3.63) is 65.4 Å². The molecule has 1 aliphatic rings. The van der Waals surface area contributed by atoms with Crippen LogP contribution in [0.5, 0.6) is 5.75 Å². The quantitative estimate of drug-likeness (QED) is 0.483. The number of ether oxygens (including phenoxy) is 1. The van der Waals surface area contributed by atoms with Crippen molar-refractivity contribution in [3.8, 4) is 11.6 Å². The van der Waals surface area contributed by atoms with Gasteiger partial charge in [0.1, 0.15) is 24.0 Å². The Morgan fingerprint density at radius 2 is 2.03 bits per heavy atom. The molecule has 4 rings (SSSR count). The Morgan fingerprint density at radius 1 is 1.26 bits per heavy atom. The number of anilines is 1. The van der Waals surface area contributed by atoms with Crippen molar-refractivity contribution in [3.63, 3.8) is 0 Å². The fraction of sp³-hybridized carbons (Fsp3) is 0.273. The van der Waals surface area contributed by atoms with Gasteiger partial charge >= 0.3 is 10.2 Å². The fourth-order valence-electron chi connectivity index (χ4n) is 3.55. The van der Waals surface area contributed by atoms with E-state index in [1.165, 1.54) is 0 Å². The van der Waals surface area contributed by atoms with Gasteiger partial charge in [-0.2, -0.15) is 8.42 Å². The summed E-state index contributed by atoms with van der Waals surface area (Å²) in [5.74, 6) is 1.25. The van der Waals surface area contributed by atoms with Crippen LogP contribution in [-0.2, 0) is 10.2 Å². The average Bonchev–Trinajstić information content (AvgIpc) is 3.09. The topological polar surface area (TPSA) is 154 Å². The van der Waals surface area contributed by atoms with E-state index in [0.717, 1.165) is 11.5 Å². The lowest BCUT2D eigenvalue weighted by Crippen LogP contribution is -2.48. The zero-order valence-corrected chi connectivity index (χ0v) is 20.0. The predicted octanol–water partition coefficient (Wildman–Crippen LogP) is 1.85. The van der Waals surface area contributed by atoms with Crippen LogP contribution in [0.15, 0.2) is 47.1 Å². The van der Waals surface area contributed by atoms with Crippen LogP contribution in [0, 0.1) is 13.8 Å². The Labute approximate surface area is 197 Å². The Morgan fingerprint density at radius 3 is 2.74 bits per heavy atom. The Hall–Kier alpha value is -3.93. The molecular weight excluding hydrogens is 458 g/mol. The van der Waals surface area contributed by atoms with Crippen molar-refractivity contribution in [2.24, 2.45) is 10.1 Å². The molecule has 1 aliphatic heterocycles. The molecule has 3 heterocycles. The number of nitrogens with one attached hydrogen (secondary N) is 2. The number of imidazole rings is 1. The van der Waals surface area contributed by atoms with Gasteiger partial charge in [0, 0.05) is 18.0 Å². The fourth-order valence-corrected chi connectivity index (χ4v) is 4.40. The largest absolute Gasteiger partial charge is 0.490 e. The van der Waals surface area contributed by atoms with E-state index >= 15 is 0 Å². The Kier molecular flexibility index (Phi) is 5.77. The summed E-state index contributed by atoms with van der Waals surface area (Å²) in [5, 5.41) is 2.96. The number of nitrogens with zero attached hydrogens (tertiary/aromatic N) is 4. The van der Waals surface area contributed by atoms with E-state index in [0.29, 0.717) is 22.7 Å². The highest BCUT2D eigenvalue weighted by Crippen LogP contribution is 2.31. The zero-order chi connectivity index (χ0) is 24.7. The normalized spacial score (nSPS) is 14.5. The number of aromatic nitrogens is 3. The molecule has 0 bridgehead atoms. The van der Waals surface area contributed by atoms with Gasteiger partial charge in [-0.05, 0) is 52.0 Å². The summed E-state index contributed by atoms with van der Waals surface area (Å²) in [7, 11) is -3.89. The number of carbonyl (C=O) groups excluding carboxylic acids is 1. The zero-order valence-electron chi connectivity index (χ0n) is 19.2. The molecule has 1 aromatic carbocycles. The molecule has 0 saturated carbocycles. The predicted molar refractivity (Wildman–Crippen MR) is 128 cm³/mol. The van der Waals surface area contributed by atoms with Crippen LogP contribution in [0.25, 0.3) is 5.82 Å². The average molecular weight is 484 g/mol. The molecule has 2 aromatic heterocycles. The van der Waals surface area contributed by atoms with Crippen molar-refractivity contribution in [2.45, 2.75) is 33.2 Å². The molecule has 11 nitrogen and oxygen atoms in total. The first-order valence-electron chi connectivity index (χ1n) is 10.4. The van der Waals surface area contributed by atoms with Crippen molar-refractivity contribution >= 4 is 27.6 Å². The highest BCUT2D eigenvalue weighted by molar-refractivity contribution is 7.91. The minimum Gasteiger partial charge on any atom is -0.490 e. The molecule has 4 N–H and O–H groups in total. The number of rotatable bonds is 6. The molecule has 3 aromatic rings. The number of hydrogen-bond acceptors (Lipinski definition) is 7. The van der Waals surface area contributed by atoms with E-state index in [-0.39, 0.29) is 24.0 Å². The van der Waals surface area contributed by atoms with Crippen LogP contribution in [0.1, 0.15) is 41.3 Å². The van der Waals surface area contributed by atoms with Crippen molar-refractivity contribution < 1.29 is 17.9 Å². The molecule has 0 atom stereocenters. The minimum absolute atomic E-state index is 0.0903. The summed E-state index contributed by atoms with van der Waals surface area (Å²) >= 11 is 0. The van der Waals surface area contributed by atoms with Crippen LogP contribution in [-0.4, -0.2) is 46.8 Å². The third-order valence-electron chi connectivity index (χ3n) is 5.04. The highest BCUT2D eigenvalue weighted by atomic mass is 32.2. The first-order valence-corrected chi connectivity index (χ1v) is 11.8. The SMILES string of the molecule is Cc1cn(-c2cc(C(=O)NC(C)(C)COc3cccc4c3C(N)=NS(=O)(=O)N4)ccn2)c(C)n1. The molecule has 12 heteroatoms. The number of amidine groups is 1. The summed E-state index contributed by atoms with van der Waals surface area (Å²) < 4.78 is 37.1. The van der Waals surface area contributed by atoms with E-state index < -0.39 is 15.7 Å². The van der Waals surface area contributed by atoms with Crippen LogP contribution < -0.4 is 20.5 Å². The molecule has 0 unspecified atom stereocenters. The van der Waals surface area contributed by atoms with E-state index in [2.05, 4.69) is 24.4 Å². The highest BCUT2D eigenvalue weighted by Gasteiger charge is 2.27. The molecule has 0 fully saturated rings. The molecule has 1 amide bonds. The first-order chi connectivity index (χ1) is 15.9. The van der Waals surface area contributed by atoms with E-state index in [1.807, 2.05) is 38.5 Å². The lowest BCUT2D eigenvalue weighted by atomic mass is 10.1. The number of pyridine rings is 1. The number of benzene rings is 1. The van der Waals surface area contributed by atoms with Crippen LogP contribution in [0.4, 0.5) is 5.69 Å². The summed E-state index contributed by atoms with van der Waals surface area (Å²) in [4.78, 5) is 21.7. The van der Waals surface area contributed by atoms with Crippen molar-refractivity contribution in [1.82, 2.24) is 19.9 Å². The van der Waals surface area contributed by atoms with Gasteiger partial charge in [-0.1, -0.05) is 6.07 Å². The summed E-state index contributed by atoms with van der Waals surface area (Å²) in [5.41, 5.74) is 7.01. The monoisotopic (exact) mass is 483 g/mol. The molecule has 178 valence electrons. The Bertz CT molecular complexity index is 1410. The number of amides is 1. The summed E-state index contributed by atoms with van der Waals surface area (Å²) in [6.45, 7) is 7.47. The number of fused-ring (bicyclic) bond motifs is 1. The third kappa shape index (κ3) is 4.86. The van der Waals surface area contributed by atoms with Gasteiger partial charge in [0.2, 0.25) is 0 Å². The molecule has 34 heavy (non-hydrogen) atoms. The number of hydrogen-bond donors (Lipinski definition) is 3. The number of nitrogens with two attached hydrogens (primary N) is 1. The van der Waals surface area contributed by atoms with Crippen LogP contribution >= 0.6 is 0 Å². The van der Waals surface area contributed by atoms with Crippen LogP contribution in [0.2, 0.25) is 0 Å². The summed E-state index contributed by atoms with van der Waals surface area (Å²) in [6.07, 6.45) is 3.43. The van der Waals surface area contributed by atoms with Gasteiger partial charge in [-0.15, -0.1) is 4.40 Å². The molecular formula is C22H25N7O4S. The van der Waals surface area contributed by atoms with Gasteiger partial charge in [-0.3, -0.25) is 14.1 Å². The number of aryl methyl sites for hydroxylation is 2.